The molecule has 1 heterocycles. The summed E-state index contributed by atoms with van der Waals surface area (Å²) in [5.41, 5.74) is 5.81. The molecule has 3 aromatic rings. The van der Waals surface area contributed by atoms with Crippen molar-refractivity contribution >= 4 is 17.3 Å². The average Bonchev–Trinajstić information content (AvgIpc) is 2.68. The number of carbonyl (C=O) groups is 1. The van der Waals surface area contributed by atoms with Crippen LogP contribution in [-0.2, 0) is 6.54 Å². The molecule has 1 aromatic heterocycles. The van der Waals surface area contributed by atoms with Gasteiger partial charge in [0.2, 0.25) is 0 Å². The van der Waals surface area contributed by atoms with E-state index in [4.69, 9.17) is 0 Å². The Hall–Kier alpha value is -3.14. The van der Waals surface area contributed by atoms with Crippen LogP contribution in [0.2, 0.25) is 0 Å². The Labute approximate surface area is 160 Å². The summed E-state index contributed by atoms with van der Waals surface area (Å²) in [4.78, 5) is 19.0. The number of anilines is 2. The van der Waals surface area contributed by atoms with Crippen LogP contribution >= 0.6 is 0 Å². The second-order valence-electron chi connectivity index (χ2n) is 6.66. The molecule has 2 aromatic carbocycles. The molecule has 4 nitrogen and oxygen atoms in total. The van der Waals surface area contributed by atoms with E-state index >= 15 is 0 Å². The van der Waals surface area contributed by atoms with Crippen LogP contribution in [0.4, 0.5) is 11.4 Å². The second kappa shape index (κ2) is 8.49. The van der Waals surface area contributed by atoms with E-state index in [0.717, 1.165) is 23.5 Å². The van der Waals surface area contributed by atoms with Crippen molar-refractivity contribution in [3.8, 4) is 0 Å². The van der Waals surface area contributed by atoms with Crippen LogP contribution in [0.15, 0.2) is 66.9 Å². The molecule has 0 spiro atoms. The largest absolute Gasteiger partial charge is 0.380 e. The fourth-order valence-corrected chi connectivity index (χ4v) is 2.91. The van der Waals surface area contributed by atoms with Crippen molar-refractivity contribution in [1.82, 2.24) is 4.98 Å². The molecule has 0 unspecified atom stereocenters. The third-order valence-electron chi connectivity index (χ3n) is 4.47. The van der Waals surface area contributed by atoms with Crippen LogP contribution in [0.1, 0.15) is 34.1 Å². The van der Waals surface area contributed by atoms with Gasteiger partial charge in [-0.15, -0.1) is 0 Å². The van der Waals surface area contributed by atoms with Crippen LogP contribution in [0.5, 0.6) is 0 Å². The van der Waals surface area contributed by atoms with E-state index in [-0.39, 0.29) is 5.91 Å². The van der Waals surface area contributed by atoms with Crippen molar-refractivity contribution < 1.29 is 4.79 Å². The van der Waals surface area contributed by atoms with Gasteiger partial charge in [0.1, 0.15) is 5.69 Å². The maximum absolute atomic E-state index is 12.9. The maximum Gasteiger partial charge on any atom is 0.276 e. The van der Waals surface area contributed by atoms with Crippen LogP contribution in [0.25, 0.3) is 0 Å². The lowest BCUT2D eigenvalue weighted by molar-refractivity contribution is 0.0983. The first-order valence-electron chi connectivity index (χ1n) is 9.21. The molecule has 27 heavy (non-hydrogen) atoms. The van der Waals surface area contributed by atoms with E-state index in [1.807, 2.05) is 44.2 Å². The Kier molecular flexibility index (Phi) is 5.87. The van der Waals surface area contributed by atoms with Gasteiger partial charge in [0.15, 0.2) is 0 Å². The molecule has 0 saturated carbocycles. The van der Waals surface area contributed by atoms with Gasteiger partial charge >= 0.3 is 0 Å². The zero-order valence-electron chi connectivity index (χ0n) is 16.1. The lowest BCUT2D eigenvalue weighted by atomic mass is 10.1. The predicted octanol–water partition coefficient (Wildman–Crippen LogP) is 4.98. The fraction of sp³-hybridized carbons (Fsp3) is 0.217. The number of benzene rings is 2. The van der Waals surface area contributed by atoms with E-state index in [1.54, 1.807) is 17.2 Å². The number of aromatic nitrogens is 1. The number of aryl methyl sites for hydroxylation is 2. The lowest BCUT2D eigenvalue weighted by Gasteiger charge is -2.21. The zero-order chi connectivity index (χ0) is 19.2. The Bertz CT molecular complexity index is 902. The van der Waals surface area contributed by atoms with Gasteiger partial charge in [-0.1, -0.05) is 42.0 Å². The third-order valence-corrected chi connectivity index (χ3v) is 4.47. The number of pyridine rings is 1. The molecule has 3 rings (SSSR count). The van der Waals surface area contributed by atoms with Crippen molar-refractivity contribution in [3.63, 3.8) is 0 Å². The maximum atomic E-state index is 12.9. The zero-order valence-corrected chi connectivity index (χ0v) is 16.1. The number of carbonyl (C=O) groups excluding carboxylic acids is 1. The summed E-state index contributed by atoms with van der Waals surface area (Å²) < 4.78 is 0. The van der Waals surface area contributed by atoms with E-state index in [2.05, 4.69) is 41.5 Å². The molecule has 0 aliphatic heterocycles. The minimum Gasteiger partial charge on any atom is -0.380 e. The summed E-state index contributed by atoms with van der Waals surface area (Å²) in [6.45, 7) is 7.39. The highest BCUT2D eigenvalue weighted by atomic mass is 16.2. The van der Waals surface area contributed by atoms with Crippen LogP contribution in [0.3, 0.4) is 0 Å². The standard InChI is InChI=1S/C23H25N3O/c1-4-26(21-7-5-6-18(3)14-21)23(27)22-13-12-20(16-25-22)24-15-19-10-8-17(2)9-11-19/h5-14,16,24H,4,15H2,1-3H3. The van der Waals surface area contributed by atoms with Crippen LogP contribution < -0.4 is 10.2 Å². The highest BCUT2D eigenvalue weighted by Crippen LogP contribution is 2.18. The Balaban J connectivity index is 1.68. The molecule has 0 aliphatic carbocycles. The molecule has 1 amide bonds. The highest BCUT2D eigenvalue weighted by molar-refractivity contribution is 6.04. The van der Waals surface area contributed by atoms with Crippen LogP contribution in [-0.4, -0.2) is 17.4 Å². The second-order valence-corrected chi connectivity index (χ2v) is 6.66. The lowest BCUT2D eigenvalue weighted by Crippen LogP contribution is -2.31. The van der Waals surface area contributed by atoms with Crippen LogP contribution in [0, 0.1) is 13.8 Å². The van der Waals surface area contributed by atoms with Crippen molar-refractivity contribution in [2.24, 2.45) is 0 Å². The molecule has 0 radical (unpaired) electrons. The Morgan fingerprint density at radius 2 is 1.78 bits per heavy atom. The smallest absolute Gasteiger partial charge is 0.276 e. The Morgan fingerprint density at radius 3 is 2.41 bits per heavy atom. The number of nitrogens with zero attached hydrogens (tertiary/aromatic N) is 2. The number of hydrogen-bond donors (Lipinski definition) is 1. The van der Waals surface area contributed by atoms with Gasteiger partial charge < -0.3 is 10.2 Å². The first kappa shape index (κ1) is 18.6. The number of amides is 1. The molecule has 0 fully saturated rings. The quantitative estimate of drug-likeness (QED) is 0.675. The average molecular weight is 359 g/mol. The van der Waals surface area contributed by atoms with Gasteiger partial charge in [0, 0.05) is 18.8 Å². The molecule has 0 saturated heterocycles. The molecular formula is C23H25N3O. The van der Waals surface area contributed by atoms with Crippen molar-refractivity contribution in [2.75, 3.05) is 16.8 Å². The summed E-state index contributed by atoms with van der Waals surface area (Å²) in [5, 5.41) is 3.34. The first-order chi connectivity index (χ1) is 13.1. The molecule has 138 valence electrons. The molecule has 1 N–H and O–H groups in total. The molecular weight excluding hydrogens is 334 g/mol. The molecule has 4 heteroatoms. The first-order valence-corrected chi connectivity index (χ1v) is 9.21. The van der Waals surface area contributed by atoms with E-state index in [9.17, 15) is 4.79 Å². The number of nitrogens with one attached hydrogen (secondary N) is 1. The van der Waals surface area contributed by atoms with Gasteiger partial charge in [-0.25, -0.2) is 4.98 Å². The summed E-state index contributed by atoms with van der Waals surface area (Å²) in [7, 11) is 0. The van der Waals surface area contributed by atoms with E-state index in [0.29, 0.717) is 12.2 Å². The van der Waals surface area contributed by atoms with Crippen molar-refractivity contribution in [2.45, 2.75) is 27.3 Å². The normalized spacial score (nSPS) is 10.5. The van der Waals surface area contributed by atoms with Gasteiger partial charge in [0.05, 0.1) is 11.9 Å². The fourth-order valence-electron chi connectivity index (χ4n) is 2.91. The van der Waals surface area contributed by atoms with Gasteiger partial charge in [-0.2, -0.15) is 0 Å². The summed E-state index contributed by atoms with van der Waals surface area (Å²) >= 11 is 0. The molecule has 0 atom stereocenters. The number of rotatable bonds is 6. The SMILES string of the molecule is CCN(C(=O)c1ccc(NCc2ccc(C)cc2)cn1)c1cccc(C)c1. The van der Waals surface area contributed by atoms with Gasteiger partial charge in [-0.3, -0.25) is 4.79 Å². The molecule has 0 aliphatic rings. The highest BCUT2D eigenvalue weighted by Gasteiger charge is 2.17. The van der Waals surface area contributed by atoms with Crippen molar-refractivity contribution in [3.05, 3.63) is 89.2 Å². The Morgan fingerprint density at radius 1 is 1.00 bits per heavy atom. The van der Waals surface area contributed by atoms with Crippen molar-refractivity contribution in [1.29, 1.82) is 0 Å². The number of hydrogen-bond acceptors (Lipinski definition) is 3. The summed E-state index contributed by atoms with van der Waals surface area (Å²) in [6, 6.07) is 20.0. The van der Waals surface area contributed by atoms with E-state index in [1.165, 1.54) is 11.1 Å². The predicted molar refractivity (Wildman–Crippen MR) is 111 cm³/mol. The topological polar surface area (TPSA) is 45.2 Å². The third kappa shape index (κ3) is 4.73. The minimum absolute atomic E-state index is 0.0896. The molecule has 0 bridgehead atoms. The minimum atomic E-state index is -0.0896. The summed E-state index contributed by atoms with van der Waals surface area (Å²) in [6.07, 6.45) is 1.71. The van der Waals surface area contributed by atoms with Gasteiger partial charge in [0.25, 0.3) is 5.91 Å². The van der Waals surface area contributed by atoms with Gasteiger partial charge in [-0.05, 0) is 56.2 Å². The monoisotopic (exact) mass is 359 g/mol. The summed E-state index contributed by atoms with van der Waals surface area (Å²) in [5.74, 6) is -0.0896. The van der Waals surface area contributed by atoms with E-state index < -0.39 is 0 Å².